The van der Waals surface area contributed by atoms with Crippen molar-refractivity contribution in [2.45, 2.75) is 277 Å². The molecule has 0 heterocycles. The third-order valence-corrected chi connectivity index (χ3v) is 12.7. The van der Waals surface area contributed by atoms with Crippen LogP contribution in [0.2, 0.25) is 0 Å². The van der Waals surface area contributed by atoms with Gasteiger partial charge in [-0.15, -0.1) is 0 Å². The summed E-state index contributed by atoms with van der Waals surface area (Å²) in [7, 11) is -4.72. The lowest BCUT2D eigenvalue weighted by Crippen LogP contribution is -2.30. The lowest BCUT2D eigenvalue weighted by atomic mass is 10.0. The van der Waals surface area contributed by atoms with Gasteiger partial charge in [0.15, 0.2) is 6.10 Å². The summed E-state index contributed by atoms with van der Waals surface area (Å²) in [5.41, 5.74) is 0. The molecule has 0 aliphatic carbocycles. The molecule has 12 heteroatoms. The number of carbonyl (C=O) groups excluding carboxylic acids is 3. The number of hydrogen-bond donors (Lipinski definition) is 2. The number of hydrogen-bond acceptors (Lipinski definition) is 10. The molecular weight excluding hydrogens is 856 g/mol. The lowest BCUT2D eigenvalue weighted by molar-refractivity contribution is -0.161. The Hall–Kier alpha value is -2.04. The van der Waals surface area contributed by atoms with Crippen LogP contribution in [-0.2, 0) is 42.2 Å². The van der Waals surface area contributed by atoms with Crippen molar-refractivity contribution >= 4 is 25.7 Å². The second-order valence-corrected chi connectivity index (χ2v) is 19.9. The highest BCUT2D eigenvalue weighted by Crippen LogP contribution is 2.43. The second-order valence-electron chi connectivity index (χ2n) is 18.4. The predicted octanol–water partition coefficient (Wildman–Crippen LogP) is 15.5. The standard InChI is InChI=1S/C54H101O11P/c1-4-7-10-13-16-19-22-25-28-31-34-37-40-43-52(56)61-46-50(55)47-63-66(59,60)64-49-51(65-54(58)45-42-39-36-33-30-27-24-21-18-15-12-9-6-3)48-62-53(57)44-41-38-35-32-29-26-23-20-17-14-11-8-5-2/h20-21,23-24,50-51,55H,4-19,22,25-49H2,1-3H3,(H,59,60)/b23-20-,24-21-/t50-,51+/m0/s1. The molecule has 0 aliphatic heterocycles. The van der Waals surface area contributed by atoms with E-state index in [-0.39, 0.29) is 32.5 Å². The summed E-state index contributed by atoms with van der Waals surface area (Å²) in [6, 6.07) is 0. The van der Waals surface area contributed by atoms with Crippen LogP contribution >= 0.6 is 7.82 Å². The number of aliphatic hydroxyl groups excluding tert-OH is 1. The maximum absolute atomic E-state index is 12.8. The minimum atomic E-state index is -4.72. The highest BCUT2D eigenvalue weighted by molar-refractivity contribution is 7.47. The van der Waals surface area contributed by atoms with Gasteiger partial charge in [-0.2, -0.15) is 0 Å². The van der Waals surface area contributed by atoms with Crippen LogP contribution in [0.25, 0.3) is 0 Å². The molecule has 0 aromatic heterocycles. The number of rotatable bonds is 51. The maximum atomic E-state index is 12.8. The topological polar surface area (TPSA) is 155 Å². The van der Waals surface area contributed by atoms with E-state index in [1.807, 2.05) is 0 Å². The summed E-state index contributed by atoms with van der Waals surface area (Å²) < 4.78 is 38.9. The van der Waals surface area contributed by atoms with Crippen LogP contribution in [0.5, 0.6) is 0 Å². The van der Waals surface area contributed by atoms with Crippen molar-refractivity contribution in [1.29, 1.82) is 0 Å². The molecule has 0 saturated heterocycles. The highest BCUT2D eigenvalue weighted by atomic mass is 31.2. The summed E-state index contributed by atoms with van der Waals surface area (Å²) in [6.07, 6.45) is 47.2. The minimum absolute atomic E-state index is 0.161. The van der Waals surface area contributed by atoms with Gasteiger partial charge in [0.1, 0.15) is 19.3 Å². The summed E-state index contributed by atoms with van der Waals surface area (Å²) in [5, 5.41) is 10.3. The van der Waals surface area contributed by atoms with E-state index in [1.54, 1.807) is 0 Å². The number of phosphoric acid groups is 1. The number of unbranched alkanes of at least 4 members (excludes halogenated alkanes) is 30. The zero-order valence-corrected chi connectivity index (χ0v) is 43.6. The largest absolute Gasteiger partial charge is 0.472 e. The van der Waals surface area contributed by atoms with E-state index in [4.69, 9.17) is 23.3 Å². The third kappa shape index (κ3) is 48.4. The van der Waals surface area contributed by atoms with Crippen LogP contribution in [0.15, 0.2) is 24.3 Å². The fourth-order valence-electron chi connectivity index (χ4n) is 7.58. The minimum Gasteiger partial charge on any atom is -0.463 e. The molecule has 0 aromatic rings. The zero-order valence-electron chi connectivity index (χ0n) is 42.7. The molecule has 0 fully saturated rings. The molecule has 3 atom stereocenters. The third-order valence-electron chi connectivity index (χ3n) is 11.8. The van der Waals surface area contributed by atoms with Crippen molar-refractivity contribution in [1.82, 2.24) is 0 Å². The van der Waals surface area contributed by atoms with Crippen LogP contribution < -0.4 is 0 Å². The van der Waals surface area contributed by atoms with Crippen LogP contribution in [0, 0.1) is 0 Å². The molecule has 0 saturated carbocycles. The van der Waals surface area contributed by atoms with Gasteiger partial charge < -0.3 is 24.2 Å². The van der Waals surface area contributed by atoms with Gasteiger partial charge in [0, 0.05) is 19.3 Å². The normalized spacial score (nSPS) is 13.6. The molecule has 0 spiro atoms. The molecule has 0 bridgehead atoms. The first-order valence-corrected chi connectivity index (χ1v) is 28.7. The Morgan fingerprint density at radius 3 is 1.11 bits per heavy atom. The molecule has 388 valence electrons. The van der Waals surface area contributed by atoms with Crippen LogP contribution in [-0.4, -0.2) is 66.5 Å². The first kappa shape index (κ1) is 64.0. The quantitative estimate of drug-likeness (QED) is 0.0197. The molecule has 0 radical (unpaired) electrons. The molecular formula is C54H101O11P. The molecule has 0 aliphatic rings. The van der Waals surface area contributed by atoms with Gasteiger partial charge in [0.05, 0.1) is 13.2 Å². The second kappa shape index (κ2) is 49.4. The van der Waals surface area contributed by atoms with Gasteiger partial charge >= 0.3 is 25.7 Å². The van der Waals surface area contributed by atoms with Gasteiger partial charge in [-0.3, -0.25) is 23.4 Å². The Labute approximate surface area is 404 Å². The van der Waals surface area contributed by atoms with Crippen molar-refractivity contribution in [2.24, 2.45) is 0 Å². The van der Waals surface area contributed by atoms with E-state index in [0.717, 1.165) is 96.3 Å². The molecule has 2 N–H and O–H groups in total. The van der Waals surface area contributed by atoms with Gasteiger partial charge in [0.25, 0.3) is 0 Å². The number of esters is 3. The number of allylic oxidation sites excluding steroid dienone is 4. The van der Waals surface area contributed by atoms with Crippen molar-refractivity contribution in [3.05, 3.63) is 24.3 Å². The van der Waals surface area contributed by atoms with Gasteiger partial charge in [-0.05, 0) is 70.6 Å². The van der Waals surface area contributed by atoms with Crippen molar-refractivity contribution in [3.63, 3.8) is 0 Å². The Bertz CT molecular complexity index is 1210. The van der Waals surface area contributed by atoms with Crippen molar-refractivity contribution < 1.29 is 52.2 Å². The van der Waals surface area contributed by atoms with Gasteiger partial charge in [-0.25, -0.2) is 4.57 Å². The summed E-state index contributed by atoms with van der Waals surface area (Å²) in [6.45, 7) is 4.78. The van der Waals surface area contributed by atoms with Crippen molar-refractivity contribution in [2.75, 3.05) is 26.4 Å². The first-order chi connectivity index (χ1) is 32.1. The van der Waals surface area contributed by atoms with E-state index in [9.17, 15) is 28.9 Å². The summed E-state index contributed by atoms with van der Waals surface area (Å²) in [5.74, 6) is -1.40. The molecule has 0 amide bonds. The Morgan fingerprint density at radius 2 is 0.712 bits per heavy atom. The van der Waals surface area contributed by atoms with Crippen molar-refractivity contribution in [3.8, 4) is 0 Å². The van der Waals surface area contributed by atoms with Gasteiger partial charge in [-0.1, -0.05) is 199 Å². The first-order valence-electron chi connectivity index (χ1n) is 27.2. The van der Waals surface area contributed by atoms with E-state index in [0.29, 0.717) is 19.3 Å². The van der Waals surface area contributed by atoms with E-state index in [1.165, 1.54) is 109 Å². The maximum Gasteiger partial charge on any atom is 0.472 e. The fourth-order valence-corrected chi connectivity index (χ4v) is 8.37. The number of carbonyl (C=O) groups is 3. The molecule has 11 nitrogen and oxygen atoms in total. The Morgan fingerprint density at radius 1 is 0.409 bits per heavy atom. The monoisotopic (exact) mass is 957 g/mol. The average molecular weight is 957 g/mol. The molecule has 66 heavy (non-hydrogen) atoms. The zero-order chi connectivity index (χ0) is 48.4. The molecule has 0 aromatic carbocycles. The fraction of sp³-hybridized carbons (Fsp3) is 0.870. The summed E-state index contributed by atoms with van der Waals surface area (Å²) in [4.78, 5) is 47.9. The SMILES string of the molecule is CCCCCC/C=C\CCCCCCCC(=O)OC[C@H](COP(=O)(O)OC[C@@H](O)COC(=O)CCCCCCCCCCCCCCC)OC(=O)CCCCCCC/C=C\CCCCCC. The highest BCUT2D eigenvalue weighted by Gasteiger charge is 2.27. The number of phosphoric ester groups is 1. The van der Waals surface area contributed by atoms with Crippen LogP contribution in [0.4, 0.5) is 0 Å². The van der Waals surface area contributed by atoms with Crippen LogP contribution in [0.3, 0.4) is 0 Å². The van der Waals surface area contributed by atoms with E-state index in [2.05, 4.69) is 45.1 Å². The Kier molecular flexibility index (Phi) is 47.9. The van der Waals surface area contributed by atoms with E-state index < -0.39 is 51.2 Å². The molecule has 1 unspecified atom stereocenters. The predicted molar refractivity (Wildman–Crippen MR) is 270 cm³/mol. The molecule has 0 rings (SSSR count). The van der Waals surface area contributed by atoms with Crippen LogP contribution in [0.1, 0.15) is 265 Å². The Balaban J connectivity index is 4.60. The summed E-state index contributed by atoms with van der Waals surface area (Å²) >= 11 is 0. The van der Waals surface area contributed by atoms with E-state index >= 15 is 0 Å². The smallest absolute Gasteiger partial charge is 0.463 e. The van der Waals surface area contributed by atoms with Gasteiger partial charge in [0.2, 0.25) is 0 Å². The number of aliphatic hydroxyl groups is 1. The lowest BCUT2D eigenvalue weighted by Gasteiger charge is -2.20. The number of ether oxygens (including phenoxy) is 3. The average Bonchev–Trinajstić information content (AvgIpc) is 3.30.